The molecule has 0 amide bonds. The Morgan fingerprint density at radius 1 is 1.05 bits per heavy atom. The molecule has 20 heavy (non-hydrogen) atoms. The highest BCUT2D eigenvalue weighted by atomic mass is 28.3. The summed E-state index contributed by atoms with van der Waals surface area (Å²) >= 11 is 0. The molecule has 2 rings (SSSR count). The van der Waals surface area contributed by atoms with Gasteiger partial charge in [0.1, 0.15) is 0 Å². The minimum Gasteiger partial charge on any atom is -0.313 e. The summed E-state index contributed by atoms with van der Waals surface area (Å²) in [5.41, 5.74) is 1.41. The van der Waals surface area contributed by atoms with Crippen molar-refractivity contribution < 1.29 is 0 Å². The highest BCUT2D eigenvalue weighted by molar-refractivity contribution is 6.88. The SMILES string of the molecule is C[Si](C)(C)c1ccc(CNCCCN2CCCC2)cc1. The number of rotatable bonds is 7. The van der Waals surface area contributed by atoms with Crippen LogP contribution < -0.4 is 10.5 Å². The first-order chi connectivity index (χ1) is 9.55. The number of nitrogens with one attached hydrogen (secondary N) is 1. The molecule has 0 atom stereocenters. The van der Waals surface area contributed by atoms with Crippen LogP contribution in [0, 0.1) is 0 Å². The van der Waals surface area contributed by atoms with Crippen LogP contribution in [-0.4, -0.2) is 39.2 Å². The lowest BCUT2D eigenvalue weighted by Gasteiger charge is -2.17. The quantitative estimate of drug-likeness (QED) is 0.613. The molecule has 1 aliphatic heterocycles. The van der Waals surface area contributed by atoms with Crippen LogP contribution >= 0.6 is 0 Å². The van der Waals surface area contributed by atoms with Gasteiger partial charge >= 0.3 is 0 Å². The Hall–Kier alpha value is -0.643. The van der Waals surface area contributed by atoms with Crippen LogP contribution in [0.25, 0.3) is 0 Å². The summed E-state index contributed by atoms with van der Waals surface area (Å²) in [6, 6.07) is 9.24. The van der Waals surface area contributed by atoms with Crippen LogP contribution in [0.1, 0.15) is 24.8 Å². The lowest BCUT2D eigenvalue weighted by atomic mass is 10.2. The molecule has 1 aliphatic rings. The summed E-state index contributed by atoms with van der Waals surface area (Å²) in [6.45, 7) is 13.2. The van der Waals surface area contributed by atoms with E-state index in [0.717, 1.165) is 13.1 Å². The number of benzene rings is 1. The molecule has 1 aromatic rings. The van der Waals surface area contributed by atoms with Gasteiger partial charge in [0, 0.05) is 6.54 Å². The predicted octanol–water partition coefficient (Wildman–Crippen LogP) is 2.81. The summed E-state index contributed by atoms with van der Waals surface area (Å²) in [7, 11) is -1.14. The Morgan fingerprint density at radius 2 is 1.70 bits per heavy atom. The van der Waals surface area contributed by atoms with Gasteiger partial charge in [-0.2, -0.15) is 0 Å². The number of hydrogen-bond acceptors (Lipinski definition) is 2. The molecule has 1 aromatic carbocycles. The van der Waals surface area contributed by atoms with Crippen LogP contribution in [0.4, 0.5) is 0 Å². The molecule has 0 radical (unpaired) electrons. The van der Waals surface area contributed by atoms with E-state index in [1.807, 2.05) is 0 Å². The van der Waals surface area contributed by atoms with Crippen LogP contribution in [0.15, 0.2) is 24.3 Å². The Balaban J connectivity index is 1.64. The standard InChI is InChI=1S/C17H30N2Si/c1-20(2,3)17-9-7-16(8-10-17)15-18-11-6-14-19-12-4-5-13-19/h7-10,18H,4-6,11-15H2,1-3H3. The molecule has 1 saturated heterocycles. The zero-order valence-corrected chi connectivity index (χ0v) is 14.4. The molecule has 0 unspecified atom stereocenters. The van der Waals surface area contributed by atoms with E-state index >= 15 is 0 Å². The van der Waals surface area contributed by atoms with Gasteiger partial charge in [-0.25, -0.2) is 0 Å². The minimum atomic E-state index is -1.14. The van der Waals surface area contributed by atoms with E-state index in [1.165, 1.54) is 44.5 Å². The Labute approximate surface area is 125 Å². The van der Waals surface area contributed by atoms with E-state index in [1.54, 1.807) is 5.19 Å². The van der Waals surface area contributed by atoms with Crippen molar-refractivity contribution in [2.24, 2.45) is 0 Å². The van der Waals surface area contributed by atoms with Crippen LogP contribution in [0.5, 0.6) is 0 Å². The first-order valence-corrected chi connectivity index (χ1v) is 11.6. The topological polar surface area (TPSA) is 15.3 Å². The molecule has 0 spiro atoms. The smallest absolute Gasteiger partial charge is 0.0775 e. The first-order valence-electron chi connectivity index (χ1n) is 8.08. The third kappa shape index (κ3) is 5.04. The van der Waals surface area contributed by atoms with E-state index in [0.29, 0.717) is 0 Å². The number of hydrogen-bond donors (Lipinski definition) is 1. The zero-order chi connectivity index (χ0) is 14.4. The number of nitrogens with zero attached hydrogens (tertiary/aromatic N) is 1. The molecule has 0 aliphatic carbocycles. The largest absolute Gasteiger partial charge is 0.313 e. The molecule has 3 heteroatoms. The molecule has 0 saturated carbocycles. The van der Waals surface area contributed by atoms with Gasteiger partial charge in [-0.05, 0) is 51.0 Å². The van der Waals surface area contributed by atoms with Crippen LogP contribution in [0.2, 0.25) is 19.6 Å². The van der Waals surface area contributed by atoms with Crippen molar-refractivity contribution in [3.8, 4) is 0 Å². The second-order valence-electron chi connectivity index (χ2n) is 7.03. The highest BCUT2D eigenvalue weighted by Crippen LogP contribution is 2.07. The van der Waals surface area contributed by atoms with Gasteiger partial charge in [0.15, 0.2) is 0 Å². The maximum Gasteiger partial charge on any atom is 0.0775 e. The third-order valence-electron chi connectivity index (χ3n) is 4.18. The van der Waals surface area contributed by atoms with Crippen molar-refractivity contribution >= 4 is 13.3 Å². The maximum atomic E-state index is 3.57. The van der Waals surface area contributed by atoms with Gasteiger partial charge in [0.05, 0.1) is 8.07 Å². The average molecular weight is 291 g/mol. The van der Waals surface area contributed by atoms with Gasteiger partial charge < -0.3 is 10.2 Å². The fourth-order valence-electron chi connectivity index (χ4n) is 2.79. The third-order valence-corrected chi connectivity index (χ3v) is 6.24. The summed E-state index contributed by atoms with van der Waals surface area (Å²) in [6.07, 6.45) is 4.07. The molecule has 1 heterocycles. The van der Waals surface area contributed by atoms with E-state index in [4.69, 9.17) is 0 Å². The highest BCUT2D eigenvalue weighted by Gasteiger charge is 2.15. The van der Waals surface area contributed by atoms with E-state index < -0.39 is 8.07 Å². The van der Waals surface area contributed by atoms with Crippen molar-refractivity contribution in [1.29, 1.82) is 0 Å². The summed E-state index contributed by atoms with van der Waals surface area (Å²) in [5.74, 6) is 0. The lowest BCUT2D eigenvalue weighted by Crippen LogP contribution is -2.37. The second kappa shape index (κ2) is 7.39. The van der Waals surface area contributed by atoms with E-state index in [-0.39, 0.29) is 0 Å². The van der Waals surface area contributed by atoms with Gasteiger partial charge in [-0.1, -0.05) is 49.1 Å². The van der Waals surface area contributed by atoms with Crippen LogP contribution in [-0.2, 0) is 6.54 Å². The summed E-state index contributed by atoms with van der Waals surface area (Å²) in [5, 5.41) is 5.12. The Morgan fingerprint density at radius 3 is 2.30 bits per heavy atom. The van der Waals surface area contributed by atoms with Gasteiger partial charge in [0.2, 0.25) is 0 Å². The molecule has 112 valence electrons. The molecule has 1 fully saturated rings. The van der Waals surface area contributed by atoms with Crippen molar-refractivity contribution in [2.75, 3.05) is 26.2 Å². The molecular formula is C17H30N2Si. The predicted molar refractivity (Wildman–Crippen MR) is 91.4 cm³/mol. The Kier molecular flexibility index (Phi) is 5.82. The minimum absolute atomic E-state index is 1.01. The monoisotopic (exact) mass is 290 g/mol. The first kappa shape index (κ1) is 15.7. The Bertz CT molecular complexity index is 388. The van der Waals surface area contributed by atoms with Crippen molar-refractivity contribution in [3.63, 3.8) is 0 Å². The molecule has 2 nitrogen and oxygen atoms in total. The fourth-order valence-corrected chi connectivity index (χ4v) is 3.96. The normalized spacial score (nSPS) is 16.8. The van der Waals surface area contributed by atoms with Gasteiger partial charge in [-0.3, -0.25) is 0 Å². The zero-order valence-electron chi connectivity index (χ0n) is 13.4. The van der Waals surface area contributed by atoms with Gasteiger partial charge in [0.25, 0.3) is 0 Å². The van der Waals surface area contributed by atoms with E-state index in [2.05, 4.69) is 54.1 Å². The molecule has 0 bridgehead atoms. The van der Waals surface area contributed by atoms with Crippen molar-refractivity contribution in [2.45, 2.75) is 45.4 Å². The van der Waals surface area contributed by atoms with Crippen LogP contribution in [0.3, 0.4) is 0 Å². The van der Waals surface area contributed by atoms with Crippen molar-refractivity contribution in [3.05, 3.63) is 29.8 Å². The van der Waals surface area contributed by atoms with Gasteiger partial charge in [-0.15, -0.1) is 0 Å². The molecule has 1 N–H and O–H groups in total. The molecular weight excluding hydrogens is 260 g/mol. The average Bonchev–Trinajstić information content (AvgIpc) is 2.91. The van der Waals surface area contributed by atoms with E-state index in [9.17, 15) is 0 Å². The number of likely N-dealkylation sites (tertiary alicyclic amines) is 1. The maximum absolute atomic E-state index is 3.57. The second-order valence-corrected chi connectivity index (χ2v) is 12.1. The van der Waals surface area contributed by atoms with Crippen molar-refractivity contribution in [1.82, 2.24) is 10.2 Å². The lowest BCUT2D eigenvalue weighted by molar-refractivity contribution is 0.331. The summed E-state index contributed by atoms with van der Waals surface area (Å²) in [4.78, 5) is 2.59. The summed E-state index contributed by atoms with van der Waals surface area (Å²) < 4.78 is 0. The molecule has 0 aromatic heterocycles. The fraction of sp³-hybridized carbons (Fsp3) is 0.647.